The van der Waals surface area contributed by atoms with E-state index in [1.54, 1.807) is 0 Å². The zero-order chi connectivity index (χ0) is 10.4. The van der Waals surface area contributed by atoms with Crippen molar-refractivity contribution >= 4 is 5.69 Å². The van der Waals surface area contributed by atoms with Gasteiger partial charge < -0.3 is 4.90 Å². The fraction of sp³-hybridized carbons (Fsp3) is 0.385. The maximum Gasteiger partial charge on any atom is 0.0520 e. The molecular formula is C13H17N. The van der Waals surface area contributed by atoms with Crippen molar-refractivity contribution in [2.75, 3.05) is 19.0 Å². The van der Waals surface area contributed by atoms with Crippen molar-refractivity contribution in [3.05, 3.63) is 29.8 Å². The van der Waals surface area contributed by atoms with Gasteiger partial charge in [-0.25, -0.2) is 0 Å². The minimum absolute atomic E-state index is 0.974. The van der Waals surface area contributed by atoms with Crippen LogP contribution in [0.4, 0.5) is 5.69 Å². The van der Waals surface area contributed by atoms with Gasteiger partial charge in [-0.05, 0) is 18.6 Å². The summed E-state index contributed by atoms with van der Waals surface area (Å²) < 4.78 is 0. The Hall–Kier alpha value is -1.42. The van der Waals surface area contributed by atoms with Crippen molar-refractivity contribution in [2.24, 2.45) is 0 Å². The van der Waals surface area contributed by atoms with Gasteiger partial charge in [0.25, 0.3) is 0 Å². The van der Waals surface area contributed by atoms with Crippen LogP contribution >= 0.6 is 0 Å². The molecule has 0 amide bonds. The molecule has 0 spiro atoms. The summed E-state index contributed by atoms with van der Waals surface area (Å²) in [7, 11) is 4.08. The lowest BCUT2D eigenvalue weighted by Gasteiger charge is -2.13. The monoisotopic (exact) mass is 187 g/mol. The molecular weight excluding hydrogens is 170 g/mol. The highest BCUT2D eigenvalue weighted by Crippen LogP contribution is 2.16. The zero-order valence-corrected chi connectivity index (χ0v) is 9.17. The normalized spacial score (nSPS) is 9.07. The highest BCUT2D eigenvalue weighted by molar-refractivity contribution is 5.59. The van der Waals surface area contributed by atoms with Gasteiger partial charge in [0, 0.05) is 26.1 Å². The van der Waals surface area contributed by atoms with Crippen LogP contribution in [0, 0.1) is 11.8 Å². The molecule has 0 unspecified atom stereocenters. The number of nitrogens with zero attached hydrogens (tertiary/aromatic N) is 1. The lowest BCUT2D eigenvalue weighted by molar-refractivity contribution is 0.983. The molecule has 0 heterocycles. The molecule has 0 aliphatic carbocycles. The Balaban J connectivity index is 2.92. The van der Waals surface area contributed by atoms with E-state index in [4.69, 9.17) is 0 Å². The Morgan fingerprint density at radius 1 is 1.21 bits per heavy atom. The molecule has 0 bridgehead atoms. The summed E-state index contributed by atoms with van der Waals surface area (Å²) in [5.41, 5.74) is 2.31. The number of rotatable bonds is 2. The molecule has 0 saturated carbocycles. The third-order valence-corrected chi connectivity index (χ3v) is 1.98. The zero-order valence-electron chi connectivity index (χ0n) is 9.17. The summed E-state index contributed by atoms with van der Waals surface area (Å²) in [6, 6.07) is 8.23. The summed E-state index contributed by atoms with van der Waals surface area (Å²) in [6.45, 7) is 2.15. The molecule has 1 aromatic rings. The first-order chi connectivity index (χ1) is 6.75. The summed E-state index contributed by atoms with van der Waals surface area (Å²) in [6.07, 6.45) is 2.10. The molecule has 14 heavy (non-hydrogen) atoms. The van der Waals surface area contributed by atoms with Crippen LogP contribution in [0.1, 0.15) is 25.3 Å². The van der Waals surface area contributed by atoms with Gasteiger partial charge in [0.1, 0.15) is 0 Å². The van der Waals surface area contributed by atoms with Gasteiger partial charge in [0.15, 0.2) is 0 Å². The van der Waals surface area contributed by atoms with Crippen LogP contribution in [-0.2, 0) is 0 Å². The first-order valence-electron chi connectivity index (χ1n) is 5.01. The van der Waals surface area contributed by atoms with E-state index in [2.05, 4.69) is 35.8 Å². The molecule has 74 valence electrons. The van der Waals surface area contributed by atoms with E-state index in [9.17, 15) is 0 Å². The van der Waals surface area contributed by atoms with Crippen molar-refractivity contribution in [2.45, 2.75) is 19.8 Å². The molecule has 0 N–H and O–H groups in total. The van der Waals surface area contributed by atoms with E-state index < -0.39 is 0 Å². The van der Waals surface area contributed by atoms with Crippen molar-refractivity contribution in [1.82, 2.24) is 0 Å². The molecule has 0 aliphatic rings. The molecule has 1 rings (SSSR count). The quantitative estimate of drug-likeness (QED) is 0.643. The first kappa shape index (κ1) is 10.7. The van der Waals surface area contributed by atoms with Crippen molar-refractivity contribution in [3.8, 4) is 11.8 Å². The van der Waals surface area contributed by atoms with Crippen LogP contribution in [0.5, 0.6) is 0 Å². The maximum atomic E-state index is 3.20. The Bertz CT molecular complexity index is 342. The molecule has 1 aromatic carbocycles. The number of hydrogen-bond donors (Lipinski definition) is 0. The molecule has 0 atom stereocenters. The van der Waals surface area contributed by atoms with E-state index in [-0.39, 0.29) is 0 Å². The van der Waals surface area contributed by atoms with E-state index in [1.807, 2.05) is 26.2 Å². The Kier molecular flexibility index (Phi) is 4.07. The second-order valence-electron chi connectivity index (χ2n) is 3.46. The minimum atomic E-state index is 0.974. The largest absolute Gasteiger partial charge is 0.377 e. The fourth-order valence-corrected chi connectivity index (χ4v) is 1.25. The molecule has 1 nitrogen and oxygen atoms in total. The molecule has 0 saturated heterocycles. The van der Waals surface area contributed by atoms with Crippen molar-refractivity contribution < 1.29 is 0 Å². The molecule has 0 aromatic heterocycles. The van der Waals surface area contributed by atoms with Crippen molar-refractivity contribution in [3.63, 3.8) is 0 Å². The lowest BCUT2D eigenvalue weighted by Crippen LogP contribution is -2.09. The van der Waals surface area contributed by atoms with Crippen LogP contribution in [0.3, 0.4) is 0 Å². The summed E-state index contributed by atoms with van der Waals surface area (Å²) >= 11 is 0. The topological polar surface area (TPSA) is 3.24 Å². The van der Waals surface area contributed by atoms with E-state index in [0.29, 0.717) is 0 Å². The predicted octanol–water partition coefficient (Wildman–Crippen LogP) is 2.90. The third kappa shape index (κ3) is 2.81. The summed E-state index contributed by atoms with van der Waals surface area (Å²) in [5, 5.41) is 0. The molecule has 0 aliphatic heterocycles. The highest BCUT2D eigenvalue weighted by atomic mass is 15.1. The van der Waals surface area contributed by atoms with Crippen LogP contribution in [0.15, 0.2) is 24.3 Å². The van der Waals surface area contributed by atoms with Crippen LogP contribution in [0.2, 0.25) is 0 Å². The average molecular weight is 187 g/mol. The highest BCUT2D eigenvalue weighted by Gasteiger charge is 1.98. The molecule has 0 fully saturated rings. The minimum Gasteiger partial charge on any atom is -0.377 e. The smallest absolute Gasteiger partial charge is 0.0520 e. The summed E-state index contributed by atoms with van der Waals surface area (Å²) in [4.78, 5) is 2.09. The predicted molar refractivity (Wildman–Crippen MR) is 62.6 cm³/mol. The van der Waals surface area contributed by atoms with Crippen LogP contribution < -0.4 is 4.90 Å². The standard InChI is InChI=1S/C13H17N/c1-4-5-6-9-12-10-7-8-11-13(12)14(2)3/h7-8,10-11H,4-5H2,1-3H3. The first-order valence-corrected chi connectivity index (χ1v) is 5.01. The Labute approximate surface area is 86.7 Å². The second-order valence-corrected chi connectivity index (χ2v) is 3.46. The van der Waals surface area contributed by atoms with E-state index in [0.717, 1.165) is 18.4 Å². The number of anilines is 1. The number of unbranched alkanes of at least 4 members (excludes halogenated alkanes) is 1. The maximum absolute atomic E-state index is 3.20. The van der Waals surface area contributed by atoms with Crippen LogP contribution in [-0.4, -0.2) is 14.1 Å². The van der Waals surface area contributed by atoms with Gasteiger partial charge in [-0.15, -0.1) is 0 Å². The van der Waals surface area contributed by atoms with Crippen LogP contribution in [0.25, 0.3) is 0 Å². The number of benzene rings is 1. The van der Waals surface area contributed by atoms with E-state index >= 15 is 0 Å². The average Bonchev–Trinajstić information content (AvgIpc) is 2.19. The Morgan fingerprint density at radius 3 is 2.57 bits per heavy atom. The SMILES string of the molecule is CCCC#Cc1ccccc1N(C)C. The van der Waals surface area contributed by atoms with Crippen molar-refractivity contribution in [1.29, 1.82) is 0 Å². The summed E-state index contributed by atoms with van der Waals surface area (Å²) in [5.74, 6) is 6.37. The third-order valence-electron chi connectivity index (χ3n) is 1.98. The van der Waals surface area contributed by atoms with Gasteiger partial charge in [-0.1, -0.05) is 30.9 Å². The van der Waals surface area contributed by atoms with Gasteiger partial charge >= 0.3 is 0 Å². The van der Waals surface area contributed by atoms with Gasteiger partial charge in [-0.3, -0.25) is 0 Å². The van der Waals surface area contributed by atoms with Gasteiger partial charge in [-0.2, -0.15) is 0 Å². The number of para-hydroxylation sites is 1. The second kappa shape index (κ2) is 5.34. The molecule has 0 radical (unpaired) electrons. The fourth-order valence-electron chi connectivity index (χ4n) is 1.25. The van der Waals surface area contributed by atoms with E-state index in [1.165, 1.54) is 5.69 Å². The molecule has 1 heteroatoms. The van der Waals surface area contributed by atoms with Gasteiger partial charge in [0.2, 0.25) is 0 Å². The number of hydrogen-bond acceptors (Lipinski definition) is 1. The van der Waals surface area contributed by atoms with Gasteiger partial charge in [0.05, 0.1) is 5.69 Å². The lowest BCUT2D eigenvalue weighted by atomic mass is 10.1. The Morgan fingerprint density at radius 2 is 1.93 bits per heavy atom.